The van der Waals surface area contributed by atoms with Crippen molar-refractivity contribution in [3.63, 3.8) is 0 Å². The second-order valence-electron chi connectivity index (χ2n) is 6.91. The molecule has 0 aliphatic heterocycles. The lowest BCUT2D eigenvalue weighted by atomic mass is 10.1. The summed E-state index contributed by atoms with van der Waals surface area (Å²) in [5, 5.41) is 26.9. The van der Waals surface area contributed by atoms with Gasteiger partial charge in [0, 0.05) is 20.0 Å². The third kappa shape index (κ3) is 20.3. The Morgan fingerprint density at radius 1 is 1.00 bits per heavy atom. The number of hydrogen-bond donors (Lipinski definition) is 5. The summed E-state index contributed by atoms with van der Waals surface area (Å²) in [6.07, 6.45) is -8.38. The number of aliphatic imine (C=N–C) groups is 1. The Kier molecular flexibility index (Phi) is 18.6. The number of hydrazine groups is 1. The second-order valence-corrected chi connectivity index (χ2v) is 6.91. The number of rotatable bonds is 11. The zero-order valence-corrected chi connectivity index (χ0v) is 19.8. The van der Waals surface area contributed by atoms with Crippen molar-refractivity contribution in [3.8, 4) is 0 Å². The third-order valence-corrected chi connectivity index (χ3v) is 3.88. The number of nitrogens with zero attached hydrogens (tertiary/aromatic N) is 3. The predicted octanol–water partition coefficient (Wildman–Crippen LogP) is -5.60. The molecule has 2 amide bonds. The second kappa shape index (κ2) is 18.3. The first-order valence-electron chi connectivity index (χ1n) is 10.0. The van der Waals surface area contributed by atoms with Crippen molar-refractivity contribution in [2.45, 2.75) is 50.1 Å². The smallest absolute Gasteiger partial charge is 0.430 e. The molecular formula is C16H28F6N8O8. The summed E-state index contributed by atoms with van der Waals surface area (Å²) < 4.78 is 63.1. The number of carboxylic acid groups (broad SMARTS) is 2. The maximum Gasteiger partial charge on any atom is 0.430 e. The molecule has 0 spiro atoms. The van der Waals surface area contributed by atoms with Crippen LogP contribution in [0, 0.1) is 10.1 Å². The Morgan fingerprint density at radius 3 is 1.74 bits per heavy atom. The summed E-state index contributed by atoms with van der Waals surface area (Å²) >= 11 is 0. The molecule has 0 fully saturated rings. The van der Waals surface area contributed by atoms with Crippen LogP contribution in [-0.2, 0) is 19.2 Å². The number of carbonyl (C=O) groups is 4. The normalized spacial score (nSPS) is 12.9. The molecule has 11 N–H and O–H groups in total. The molecule has 2 atom stereocenters. The van der Waals surface area contributed by atoms with E-state index in [0.29, 0.717) is 32.2 Å². The molecule has 0 aliphatic carbocycles. The average molecular weight is 574 g/mol. The van der Waals surface area contributed by atoms with Gasteiger partial charge in [0.15, 0.2) is 11.1 Å². The molecule has 0 bridgehead atoms. The molecule has 0 radical (unpaired) electrons. The lowest BCUT2D eigenvalue weighted by Gasteiger charge is -2.26. The topological polar surface area (TPSA) is 292 Å². The summed E-state index contributed by atoms with van der Waals surface area (Å²) in [6.45, 7) is 0.869. The summed E-state index contributed by atoms with van der Waals surface area (Å²) in [4.78, 5) is 56.6. The number of hydrogen-bond acceptors (Lipinski definition) is 9. The number of guanidine groups is 1. The highest BCUT2D eigenvalue weighted by Gasteiger charge is 2.30. The summed E-state index contributed by atoms with van der Waals surface area (Å²) in [6, 6.07) is -1.25. The van der Waals surface area contributed by atoms with Crippen molar-refractivity contribution in [2.75, 3.05) is 20.1 Å². The minimum atomic E-state index is -5.19. The predicted molar refractivity (Wildman–Crippen MR) is 107 cm³/mol. The zero-order valence-electron chi connectivity index (χ0n) is 19.8. The van der Waals surface area contributed by atoms with E-state index in [2.05, 4.69) is 16.5 Å². The van der Waals surface area contributed by atoms with Crippen LogP contribution in [0.15, 0.2) is 4.99 Å². The maximum atomic E-state index is 12.3. The van der Waals surface area contributed by atoms with Gasteiger partial charge >= 0.3 is 12.4 Å². The van der Waals surface area contributed by atoms with E-state index in [9.17, 15) is 46.0 Å². The number of aliphatic carboxylic acids is 2. The number of primary amides is 1. The molecule has 0 unspecified atom stereocenters. The first-order valence-corrected chi connectivity index (χ1v) is 10.0. The Labute approximate surface area is 210 Å². The highest BCUT2D eigenvalue weighted by atomic mass is 19.4. The number of alkyl halides is 6. The molecule has 222 valence electrons. The Morgan fingerprint density at radius 2 is 1.42 bits per heavy atom. The number of nitro groups is 1. The molecule has 0 aromatic heterocycles. The number of quaternary nitrogens is 2. The van der Waals surface area contributed by atoms with Crippen LogP contribution >= 0.6 is 0 Å². The first-order chi connectivity index (χ1) is 17.1. The van der Waals surface area contributed by atoms with Crippen molar-refractivity contribution in [3.05, 3.63) is 10.1 Å². The highest BCUT2D eigenvalue weighted by Crippen LogP contribution is 2.12. The Bertz CT molecular complexity index is 801. The number of carboxylic acids is 2. The third-order valence-electron chi connectivity index (χ3n) is 3.88. The van der Waals surface area contributed by atoms with Crippen LogP contribution in [0.5, 0.6) is 0 Å². The number of likely N-dealkylation sites (N-methyl/N-ethyl adjacent to an activating group) is 1. The van der Waals surface area contributed by atoms with Crippen molar-refractivity contribution < 1.29 is 72.2 Å². The van der Waals surface area contributed by atoms with Gasteiger partial charge in [0.25, 0.3) is 11.9 Å². The quantitative estimate of drug-likeness (QED) is 0.0389. The lowest BCUT2D eigenvalue weighted by Crippen LogP contribution is -2.68. The van der Waals surface area contributed by atoms with Crippen molar-refractivity contribution in [2.24, 2.45) is 16.5 Å². The van der Waals surface area contributed by atoms with Gasteiger partial charge in [-0.3, -0.25) is 9.59 Å². The standard InChI is InChI=1S/C12H26N8O4.2C2HF3O2/c1-19(9(10(15)21)5-2-6-13)11(22)8(14)4-3-7-17-12(16)18-20(23)24;2*3-2(4,5)1(6)7/h8-9H,2-7,13-14H2,1H3,(H2,15,21)(H3,16,17,18);2*(H,6,7)/t8-,9-;;/m0../s1. The molecule has 0 aromatic carbocycles. The van der Waals surface area contributed by atoms with Crippen LogP contribution < -0.4 is 38.6 Å². The van der Waals surface area contributed by atoms with Crippen molar-refractivity contribution in [1.29, 1.82) is 0 Å². The fraction of sp³-hybridized carbons (Fsp3) is 0.688. The van der Waals surface area contributed by atoms with Gasteiger partial charge in [-0.1, -0.05) is 5.43 Å². The van der Waals surface area contributed by atoms with E-state index >= 15 is 0 Å². The number of nitrogens with two attached hydrogens (primary N) is 2. The summed E-state index contributed by atoms with van der Waals surface area (Å²) in [5.74, 6) is -7.16. The monoisotopic (exact) mass is 574 g/mol. The van der Waals surface area contributed by atoms with Gasteiger partial charge in [-0.15, -0.1) is 0 Å². The fourth-order valence-corrected chi connectivity index (χ4v) is 2.10. The SMILES string of the molecule is CN(C(=O)[C@@H]([NH3+])CCCN=C(N)N[N+](=O)[O-])[C@@H](CCC[NH3+])C(N)=O.O=C([O-])C(F)(F)F.O=C([O-])C(F)(F)F. The van der Waals surface area contributed by atoms with Crippen molar-refractivity contribution >= 4 is 29.7 Å². The maximum absolute atomic E-state index is 12.3. The van der Waals surface area contributed by atoms with Gasteiger partial charge in [0.1, 0.15) is 18.0 Å². The van der Waals surface area contributed by atoms with E-state index in [1.54, 1.807) is 5.43 Å². The molecule has 22 heteroatoms. The Hall–Kier alpha value is -3.95. The summed E-state index contributed by atoms with van der Waals surface area (Å²) in [5.41, 5.74) is 19.8. The largest absolute Gasteiger partial charge is 0.542 e. The van der Waals surface area contributed by atoms with Crippen LogP contribution in [-0.4, -0.2) is 84.2 Å². The minimum absolute atomic E-state index is 0.219. The van der Waals surface area contributed by atoms with Crippen LogP contribution in [0.25, 0.3) is 0 Å². The van der Waals surface area contributed by atoms with Gasteiger partial charge in [-0.25, -0.2) is 15.1 Å². The molecule has 0 aromatic rings. The molecule has 0 saturated carbocycles. The van der Waals surface area contributed by atoms with E-state index in [1.165, 1.54) is 11.9 Å². The number of nitrogens with one attached hydrogen (secondary N) is 1. The highest BCUT2D eigenvalue weighted by molar-refractivity contribution is 5.88. The van der Waals surface area contributed by atoms with Gasteiger partial charge in [0.2, 0.25) is 5.91 Å². The van der Waals surface area contributed by atoms with Crippen LogP contribution in [0.1, 0.15) is 25.7 Å². The fourth-order valence-electron chi connectivity index (χ4n) is 2.10. The molecule has 38 heavy (non-hydrogen) atoms. The zero-order chi connectivity index (χ0) is 30.9. The van der Waals surface area contributed by atoms with Crippen LogP contribution in [0.2, 0.25) is 0 Å². The lowest BCUT2D eigenvalue weighted by molar-refractivity contribution is -0.525. The minimum Gasteiger partial charge on any atom is -0.542 e. The van der Waals surface area contributed by atoms with Crippen molar-refractivity contribution in [1.82, 2.24) is 10.3 Å². The number of amides is 2. The number of carbonyl (C=O) groups excluding carboxylic acids is 4. The van der Waals surface area contributed by atoms with Crippen LogP contribution in [0.3, 0.4) is 0 Å². The molecule has 16 nitrogen and oxygen atoms in total. The van der Waals surface area contributed by atoms with E-state index in [0.717, 1.165) is 0 Å². The van der Waals surface area contributed by atoms with Gasteiger partial charge in [0.05, 0.1) is 6.54 Å². The van der Waals surface area contributed by atoms with Gasteiger partial charge in [-0.05, 0) is 19.3 Å². The first kappa shape index (κ1) is 38.6. The average Bonchev–Trinajstić information content (AvgIpc) is 2.74. The van der Waals surface area contributed by atoms with Gasteiger partial charge in [-0.2, -0.15) is 26.3 Å². The number of halogens is 6. The molecular weight excluding hydrogens is 546 g/mol. The van der Waals surface area contributed by atoms with Crippen LogP contribution in [0.4, 0.5) is 26.3 Å². The summed E-state index contributed by atoms with van der Waals surface area (Å²) in [7, 11) is 1.52. The van der Waals surface area contributed by atoms with E-state index in [4.69, 9.17) is 31.3 Å². The molecule has 0 aliphatic rings. The molecule has 0 rings (SSSR count). The van der Waals surface area contributed by atoms with E-state index in [-0.39, 0.29) is 18.4 Å². The Balaban J connectivity index is -0.000000710. The van der Waals surface area contributed by atoms with E-state index < -0.39 is 47.3 Å². The molecule has 0 heterocycles. The van der Waals surface area contributed by atoms with E-state index in [1.807, 2.05) is 0 Å². The molecule has 0 saturated heterocycles. The van der Waals surface area contributed by atoms with Gasteiger partial charge < -0.3 is 47.6 Å².